The van der Waals surface area contributed by atoms with Gasteiger partial charge in [0.2, 0.25) is 5.91 Å². The fourth-order valence-corrected chi connectivity index (χ4v) is 3.48. The van der Waals surface area contributed by atoms with E-state index in [2.05, 4.69) is 17.6 Å². The Labute approximate surface area is 165 Å². The maximum Gasteiger partial charge on any atom is 0.224 e. The molecule has 0 bridgehead atoms. The molecular formula is C21H39N3O3. The van der Waals surface area contributed by atoms with Crippen molar-refractivity contribution in [1.82, 2.24) is 15.5 Å². The van der Waals surface area contributed by atoms with Crippen LogP contribution in [0, 0.1) is 11.8 Å². The number of hydrogen-bond acceptors (Lipinski definition) is 5. The molecule has 1 rings (SSSR count). The number of carbonyl (C=O) groups is 2. The summed E-state index contributed by atoms with van der Waals surface area (Å²) < 4.78 is 5.03. The van der Waals surface area contributed by atoms with Crippen molar-refractivity contribution in [2.45, 2.75) is 51.9 Å². The Bertz CT molecular complexity index is 477. The van der Waals surface area contributed by atoms with Gasteiger partial charge in [-0.2, -0.15) is 0 Å². The summed E-state index contributed by atoms with van der Waals surface area (Å²) in [4.78, 5) is 26.8. The number of amides is 1. The fraction of sp³-hybridized carbons (Fsp3) is 0.810. The largest absolute Gasteiger partial charge is 0.385 e. The van der Waals surface area contributed by atoms with E-state index in [1.807, 2.05) is 25.2 Å². The first-order valence-electron chi connectivity index (χ1n) is 10.4. The summed E-state index contributed by atoms with van der Waals surface area (Å²) in [5.74, 6) is 0.745. The van der Waals surface area contributed by atoms with Crippen molar-refractivity contribution in [2.24, 2.45) is 11.8 Å². The van der Waals surface area contributed by atoms with Crippen molar-refractivity contribution < 1.29 is 14.3 Å². The van der Waals surface area contributed by atoms with Gasteiger partial charge in [-0.3, -0.25) is 9.59 Å². The minimum Gasteiger partial charge on any atom is -0.385 e. The second kappa shape index (κ2) is 13.7. The zero-order chi connectivity index (χ0) is 20.1. The second-order valence-corrected chi connectivity index (χ2v) is 7.77. The molecule has 0 aliphatic heterocycles. The minimum atomic E-state index is -0.0343. The molecule has 6 nitrogen and oxygen atoms in total. The van der Waals surface area contributed by atoms with E-state index >= 15 is 0 Å². The standard InChI is InChI=1S/C21H39N3O3/c1-5-11-22-15-18(21(26)23-12-6-13-27-4)9-7-17-8-10-19(16-24(2)3)20(25)14-17/h16-18,22H,5-15H2,1-4H3,(H,23,26)/b19-16+/t17?,18-/m1/s1. The Morgan fingerprint density at radius 1 is 1.37 bits per heavy atom. The number of allylic oxidation sites excluding steroid dienone is 1. The molecule has 0 aromatic carbocycles. The third-order valence-electron chi connectivity index (χ3n) is 5.00. The number of ether oxygens (including phenoxy) is 1. The number of hydrogen-bond donors (Lipinski definition) is 2. The van der Waals surface area contributed by atoms with Gasteiger partial charge in [0, 0.05) is 59.1 Å². The predicted octanol–water partition coefficient (Wildman–Crippen LogP) is 2.35. The number of ketones is 1. The molecule has 1 unspecified atom stereocenters. The molecule has 0 heterocycles. The molecule has 1 fully saturated rings. The summed E-state index contributed by atoms with van der Waals surface area (Å²) in [5.41, 5.74) is 0.938. The van der Waals surface area contributed by atoms with E-state index in [4.69, 9.17) is 4.74 Å². The number of carbonyl (C=O) groups excluding carboxylic acids is 2. The van der Waals surface area contributed by atoms with Crippen molar-refractivity contribution in [1.29, 1.82) is 0 Å². The van der Waals surface area contributed by atoms with Gasteiger partial charge < -0.3 is 20.3 Å². The van der Waals surface area contributed by atoms with Gasteiger partial charge in [0.05, 0.1) is 5.92 Å². The lowest BCUT2D eigenvalue weighted by Gasteiger charge is -2.25. The van der Waals surface area contributed by atoms with Crippen LogP contribution in [0.5, 0.6) is 0 Å². The summed E-state index contributed by atoms with van der Waals surface area (Å²) in [7, 11) is 5.57. The Hall–Kier alpha value is -1.40. The SMILES string of the molecule is CCCNC[C@@H](CCC1CC/C(=C\N(C)C)C(=O)C1)C(=O)NCCCOC. The summed E-state index contributed by atoms with van der Waals surface area (Å²) in [6.45, 7) is 5.06. The molecule has 1 aliphatic rings. The van der Waals surface area contributed by atoms with E-state index in [9.17, 15) is 9.59 Å². The van der Waals surface area contributed by atoms with Gasteiger partial charge in [-0.15, -0.1) is 0 Å². The molecule has 0 aromatic heterocycles. The molecule has 0 spiro atoms. The van der Waals surface area contributed by atoms with Crippen molar-refractivity contribution in [3.63, 3.8) is 0 Å². The van der Waals surface area contributed by atoms with E-state index in [0.29, 0.717) is 32.0 Å². The van der Waals surface area contributed by atoms with Crippen LogP contribution in [-0.4, -0.2) is 64.0 Å². The highest BCUT2D eigenvalue weighted by molar-refractivity contribution is 5.96. The average molecular weight is 382 g/mol. The van der Waals surface area contributed by atoms with Gasteiger partial charge in [0.25, 0.3) is 0 Å². The predicted molar refractivity (Wildman–Crippen MR) is 110 cm³/mol. The van der Waals surface area contributed by atoms with Crippen molar-refractivity contribution in [3.05, 3.63) is 11.8 Å². The molecule has 6 heteroatoms. The van der Waals surface area contributed by atoms with Gasteiger partial charge >= 0.3 is 0 Å². The van der Waals surface area contributed by atoms with Crippen LogP contribution >= 0.6 is 0 Å². The van der Waals surface area contributed by atoms with Crippen LogP contribution < -0.4 is 10.6 Å². The van der Waals surface area contributed by atoms with Gasteiger partial charge in [-0.1, -0.05) is 6.92 Å². The third kappa shape index (κ3) is 9.91. The second-order valence-electron chi connectivity index (χ2n) is 7.77. The van der Waals surface area contributed by atoms with E-state index in [1.54, 1.807) is 7.11 Å². The van der Waals surface area contributed by atoms with Crippen LogP contribution in [-0.2, 0) is 14.3 Å². The van der Waals surface area contributed by atoms with E-state index in [1.165, 1.54) is 0 Å². The number of methoxy groups -OCH3 is 1. The highest BCUT2D eigenvalue weighted by Gasteiger charge is 2.26. The lowest BCUT2D eigenvalue weighted by Crippen LogP contribution is -2.38. The van der Waals surface area contributed by atoms with E-state index < -0.39 is 0 Å². The van der Waals surface area contributed by atoms with Crippen LogP contribution in [0.4, 0.5) is 0 Å². The number of rotatable bonds is 13. The zero-order valence-corrected chi connectivity index (χ0v) is 17.7. The molecule has 1 amide bonds. The minimum absolute atomic E-state index is 0.0343. The molecule has 1 aliphatic carbocycles. The molecule has 156 valence electrons. The number of Topliss-reactive ketones (excluding diaryl/α,β-unsaturated/α-hetero) is 1. The first kappa shape index (κ1) is 23.6. The van der Waals surface area contributed by atoms with E-state index in [0.717, 1.165) is 50.6 Å². The Kier molecular flexibility index (Phi) is 12.0. The van der Waals surface area contributed by atoms with Crippen LogP contribution in [0.15, 0.2) is 11.8 Å². The molecule has 0 aromatic rings. The Morgan fingerprint density at radius 2 is 2.15 bits per heavy atom. The lowest BCUT2D eigenvalue weighted by molar-refractivity contribution is -0.125. The Morgan fingerprint density at radius 3 is 2.78 bits per heavy atom. The number of nitrogens with one attached hydrogen (secondary N) is 2. The average Bonchev–Trinajstić information content (AvgIpc) is 2.63. The highest BCUT2D eigenvalue weighted by Crippen LogP contribution is 2.30. The third-order valence-corrected chi connectivity index (χ3v) is 5.00. The lowest BCUT2D eigenvalue weighted by atomic mass is 9.81. The van der Waals surface area contributed by atoms with Gasteiger partial charge in [-0.25, -0.2) is 0 Å². The molecule has 2 N–H and O–H groups in total. The normalized spacial score (nSPS) is 19.9. The smallest absolute Gasteiger partial charge is 0.224 e. The first-order chi connectivity index (χ1) is 13.0. The van der Waals surface area contributed by atoms with Crippen LogP contribution in [0.3, 0.4) is 0 Å². The molecule has 0 radical (unpaired) electrons. The van der Waals surface area contributed by atoms with Crippen LogP contribution in [0.2, 0.25) is 0 Å². The quantitative estimate of drug-likeness (QED) is 0.379. The first-order valence-corrected chi connectivity index (χ1v) is 10.4. The summed E-state index contributed by atoms with van der Waals surface area (Å²) in [5, 5.41) is 6.40. The summed E-state index contributed by atoms with van der Waals surface area (Å²) in [6, 6.07) is 0. The highest BCUT2D eigenvalue weighted by atomic mass is 16.5. The van der Waals surface area contributed by atoms with Gasteiger partial charge in [0.15, 0.2) is 5.78 Å². The van der Waals surface area contributed by atoms with Gasteiger partial charge in [-0.05, 0) is 51.0 Å². The molecule has 2 atom stereocenters. The fourth-order valence-electron chi connectivity index (χ4n) is 3.48. The maximum absolute atomic E-state index is 12.5. The van der Waals surface area contributed by atoms with Gasteiger partial charge in [0.1, 0.15) is 0 Å². The van der Waals surface area contributed by atoms with Crippen molar-refractivity contribution in [2.75, 3.05) is 47.4 Å². The topological polar surface area (TPSA) is 70.7 Å². The van der Waals surface area contributed by atoms with Crippen LogP contribution in [0.25, 0.3) is 0 Å². The van der Waals surface area contributed by atoms with E-state index in [-0.39, 0.29) is 17.6 Å². The van der Waals surface area contributed by atoms with Crippen LogP contribution in [0.1, 0.15) is 51.9 Å². The monoisotopic (exact) mass is 381 g/mol. The molecule has 1 saturated carbocycles. The Balaban J connectivity index is 2.48. The zero-order valence-electron chi connectivity index (χ0n) is 17.7. The molecular weight excluding hydrogens is 342 g/mol. The number of nitrogens with zero attached hydrogens (tertiary/aromatic N) is 1. The van der Waals surface area contributed by atoms with Crippen molar-refractivity contribution in [3.8, 4) is 0 Å². The molecule has 27 heavy (non-hydrogen) atoms. The van der Waals surface area contributed by atoms with Crippen molar-refractivity contribution >= 4 is 11.7 Å². The maximum atomic E-state index is 12.5. The summed E-state index contributed by atoms with van der Waals surface area (Å²) in [6.07, 6.45) is 8.10. The molecule has 0 saturated heterocycles. The summed E-state index contributed by atoms with van der Waals surface area (Å²) >= 11 is 0.